The lowest BCUT2D eigenvalue weighted by Crippen LogP contribution is -2.28. The Balaban J connectivity index is 1.82. The Hall–Kier alpha value is -2.78. The lowest BCUT2D eigenvalue weighted by Gasteiger charge is -2.14. The van der Waals surface area contributed by atoms with Crippen molar-refractivity contribution in [3.8, 4) is 9.88 Å². The first kappa shape index (κ1) is 17.1. The second-order valence-corrected chi connectivity index (χ2v) is 6.99. The van der Waals surface area contributed by atoms with Gasteiger partial charge in [0.15, 0.2) is 0 Å². The van der Waals surface area contributed by atoms with Crippen LogP contribution in [-0.2, 0) is 6.42 Å². The molecule has 0 radical (unpaired) electrons. The van der Waals surface area contributed by atoms with Gasteiger partial charge in [-0.15, -0.1) is 22.7 Å². The normalized spacial score (nSPS) is 11.8. The summed E-state index contributed by atoms with van der Waals surface area (Å²) in [5.74, 6) is 0. The number of carboxylic acid groups (broad SMARTS) is 1. The van der Waals surface area contributed by atoms with Crippen molar-refractivity contribution in [2.75, 3.05) is 0 Å². The molecule has 2 aromatic heterocycles. The summed E-state index contributed by atoms with van der Waals surface area (Å²) in [4.78, 5) is 27.0. The number of amides is 1. The van der Waals surface area contributed by atoms with Gasteiger partial charge in [0.1, 0.15) is 5.01 Å². The average molecular weight is 375 g/mol. The van der Waals surface area contributed by atoms with Gasteiger partial charge in [-0.25, -0.2) is 9.78 Å². The number of nitrogens with zero attached hydrogens (tertiary/aromatic N) is 2. The summed E-state index contributed by atoms with van der Waals surface area (Å²) in [5, 5.41) is 26.9. The van der Waals surface area contributed by atoms with Crippen LogP contribution in [0, 0.1) is 10.1 Å². The molecule has 128 valence electrons. The summed E-state index contributed by atoms with van der Waals surface area (Å²) in [6, 6.07) is 9.44. The van der Waals surface area contributed by atoms with Crippen molar-refractivity contribution in [3.05, 3.63) is 68.5 Å². The Morgan fingerprint density at radius 3 is 2.64 bits per heavy atom. The zero-order chi connectivity index (χ0) is 17.8. The number of hydrogen-bond acceptors (Lipinski definition) is 6. The first-order valence-corrected chi connectivity index (χ1v) is 9.01. The van der Waals surface area contributed by atoms with Gasteiger partial charge in [0.2, 0.25) is 0 Å². The van der Waals surface area contributed by atoms with E-state index in [1.54, 1.807) is 23.5 Å². The number of carbonyl (C=O) groups is 1. The quantitative estimate of drug-likeness (QED) is 0.493. The molecule has 0 saturated heterocycles. The molecule has 9 heteroatoms. The number of thiophene rings is 1. The van der Waals surface area contributed by atoms with Crippen molar-refractivity contribution >= 4 is 34.5 Å². The summed E-state index contributed by atoms with van der Waals surface area (Å²) in [7, 11) is 0. The number of nitro groups is 1. The Morgan fingerprint density at radius 1 is 1.28 bits per heavy atom. The summed E-state index contributed by atoms with van der Waals surface area (Å²) in [5.41, 5.74) is 1.42. The van der Waals surface area contributed by atoms with Crippen LogP contribution in [0.15, 0.2) is 47.2 Å². The number of nitro benzene ring substituents is 1. The van der Waals surface area contributed by atoms with Crippen LogP contribution >= 0.6 is 22.7 Å². The minimum absolute atomic E-state index is 0.000124. The fourth-order valence-electron chi connectivity index (χ4n) is 2.33. The zero-order valence-electron chi connectivity index (χ0n) is 12.8. The summed E-state index contributed by atoms with van der Waals surface area (Å²) < 4.78 is 0. The largest absolute Gasteiger partial charge is 0.465 e. The number of thiazole rings is 1. The number of rotatable bonds is 6. The number of hydrogen-bond donors (Lipinski definition) is 2. The molecule has 3 aromatic rings. The van der Waals surface area contributed by atoms with E-state index in [1.165, 1.54) is 23.5 Å². The van der Waals surface area contributed by atoms with Crippen LogP contribution in [0.3, 0.4) is 0 Å². The topological polar surface area (TPSA) is 105 Å². The van der Waals surface area contributed by atoms with Crippen LogP contribution in [0.5, 0.6) is 0 Å². The Kier molecular flexibility index (Phi) is 5.05. The molecule has 25 heavy (non-hydrogen) atoms. The van der Waals surface area contributed by atoms with E-state index in [1.807, 2.05) is 22.9 Å². The van der Waals surface area contributed by atoms with Crippen molar-refractivity contribution in [2.24, 2.45) is 0 Å². The standard InChI is InChI=1S/C16H13N3O4S2/c20-16(21)18-12(8-10-3-5-11(6-4-10)19(22)23)13-9-25-15(17-13)14-2-1-7-24-14/h1-7,9,12,18H,8H2,(H,20,21)/t12-/m0/s1. The van der Waals surface area contributed by atoms with Crippen LogP contribution in [0.1, 0.15) is 17.3 Å². The van der Waals surface area contributed by atoms with Crippen molar-refractivity contribution in [1.29, 1.82) is 0 Å². The van der Waals surface area contributed by atoms with Crippen LogP contribution in [-0.4, -0.2) is 21.1 Å². The van der Waals surface area contributed by atoms with Crippen LogP contribution in [0.2, 0.25) is 0 Å². The smallest absolute Gasteiger partial charge is 0.405 e. The minimum atomic E-state index is -1.14. The van der Waals surface area contributed by atoms with E-state index >= 15 is 0 Å². The van der Waals surface area contributed by atoms with Gasteiger partial charge in [0.25, 0.3) is 5.69 Å². The van der Waals surface area contributed by atoms with Crippen LogP contribution in [0.4, 0.5) is 10.5 Å². The molecule has 0 aliphatic carbocycles. The van der Waals surface area contributed by atoms with E-state index in [2.05, 4.69) is 10.3 Å². The minimum Gasteiger partial charge on any atom is -0.465 e. The van der Waals surface area contributed by atoms with Gasteiger partial charge in [-0.1, -0.05) is 18.2 Å². The van der Waals surface area contributed by atoms with E-state index < -0.39 is 17.1 Å². The molecule has 0 fully saturated rings. The molecule has 1 amide bonds. The van der Waals surface area contributed by atoms with Crippen LogP contribution in [0.25, 0.3) is 9.88 Å². The first-order valence-electron chi connectivity index (χ1n) is 7.25. The average Bonchev–Trinajstić information content (AvgIpc) is 3.25. The molecule has 1 aromatic carbocycles. The van der Waals surface area contributed by atoms with Crippen molar-refractivity contribution in [3.63, 3.8) is 0 Å². The third kappa shape index (κ3) is 4.20. The number of aromatic nitrogens is 1. The highest BCUT2D eigenvalue weighted by Gasteiger charge is 2.19. The molecule has 0 bridgehead atoms. The van der Waals surface area contributed by atoms with Crippen molar-refractivity contribution < 1.29 is 14.8 Å². The fraction of sp³-hybridized carbons (Fsp3) is 0.125. The Labute approximate surface area is 150 Å². The molecule has 1 atom stereocenters. The van der Waals surface area contributed by atoms with Crippen molar-refractivity contribution in [2.45, 2.75) is 12.5 Å². The van der Waals surface area contributed by atoms with Crippen molar-refractivity contribution in [1.82, 2.24) is 10.3 Å². The highest BCUT2D eigenvalue weighted by Crippen LogP contribution is 2.30. The fourth-order valence-corrected chi connectivity index (χ4v) is 4.02. The Bertz CT molecular complexity index is 875. The highest BCUT2D eigenvalue weighted by molar-refractivity contribution is 7.20. The SMILES string of the molecule is O=C(O)N[C@@H](Cc1ccc([N+](=O)[O-])cc1)c1csc(-c2cccs2)n1. The zero-order valence-corrected chi connectivity index (χ0v) is 14.4. The maximum atomic E-state index is 11.1. The van der Waals surface area contributed by atoms with Gasteiger partial charge in [-0.05, 0) is 23.4 Å². The molecule has 7 nitrogen and oxygen atoms in total. The van der Waals surface area contributed by atoms with E-state index in [0.717, 1.165) is 15.4 Å². The maximum Gasteiger partial charge on any atom is 0.405 e. The molecular formula is C16H13N3O4S2. The molecule has 0 unspecified atom stereocenters. The molecular weight excluding hydrogens is 362 g/mol. The summed E-state index contributed by atoms with van der Waals surface area (Å²) in [6.45, 7) is 0. The molecule has 0 aliphatic rings. The monoisotopic (exact) mass is 375 g/mol. The van der Waals surface area contributed by atoms with Gasteiger partial charge in [0.05, 0.1) is 21.5 Å². The highest BCUT2D eigenvalue weighted by atomic mass is 32.1. The second-order valence-electron chi connectivity index (χ2n) is 5.18. The van der Waals surface area contributed by atoms with E-state index in [4.69, 9.17) is 5.11 Å². The van der Waals surface area contributed by atoms with E-state index in [0.29, 0.717) is 12.1 Å². The third-order valence-corrected chi connectivity index (χ3v) is 5.40. The van der Waals surface area contributed by atoms with Gasteiger partial charge >= 0.3 is 6.09 Å². The van der Waals surface area contributed by atoms with Gasteiger partial charge in [-0.2, -0.15) is 0 Å². The van der Waals surface area contributed by atoms with Gasteiger partial charge in [-0.3, -0.25) is 10.1 Å². The maximum absolute atomic E-state index is 11.1. The lowest BCUT2D eigenvalue weighted by molar-refractivity contribution is -0.384. The molecule has 0 spiro atoms. The first-order chi connectivity index (χ1) is 12.0. The molecule has 0 aliphatic heterocycles. The molecule has 2 heterocycles. The lowest BCUT2D eigenvalue weighted by atomic mass is 10.0. The number of benzene rings is 1. The summed E-state index contributed by atoms with van der Waals surface area (Å²) >= 11 is 3.03. The van der Waals surface area contributed by atoms with Gasteiger partial charge < -0.3 is 10.4 Å². The summed E-state index contributed by atoms with van der Waals surface area (Å²) in [6.07, 6.45) is -0.782. The molecule has 0 saturated carbocycles. The second kappa shape index (κ2) is 7.41. The van der Waals surface area contributed by atoms with Crippen LogP contribution < -0.4 is 5.32 Å². The Morgan fingerprint density at radius 2 is 2.04 bits per heavy atom. The third-order valence-electron chi connectivity index (χ3n) is 3.50. The molecule has 3 rings (SSSR count). The van der Waals surface area contributed by atoms with E-state index in [9.17, 15) is 14.9 Å². The molecule has 2 N–H and O–H groups in total. The predicted octanol–water partition coefficient (Wildman–Crippen LogP) is 4.33. The predicted molar refractivity (Wildman–Crippen MR) is 96.1 cm³/mol. The number of nitrogens with one attached hydrogen (secondary N) is 1. The van der Waals surface area contributed by atoms with Gasteiger partial charge in [0, 0.05) is 17.5 Å². The number of non-ortho nitro benzene ring substituents is 1. The van der Waals surface area contributed by atoms with E-state index in [-0.39, 0.29) is 5.69 Å².